The van der Waals surface area contributed by atoms with E-state index in [0.717, 1.165) is 24.1 Å². The lowest BCUT2D eigenvalue weighted by Gasteiger charge is -2.07. The minimum atomic E-state index is -0.728. The Bertz CT molecular complexity index is 754. The number of ketones is 1. The van der Waals surface area contributed by atoms with Crippen LogP contribution < -0.4 is 5.32 Å². The predicted molar refractivity (Wildman–Crippen MR) is 89.8 cm³/mol. The molecule has 0 aliphatic carbocycles. The molecule has 0 aromatic heterocycles. The molecule has 6 heteroatoms. The van der Waals surface area contributed by atoms with Crippen LogP contribution in [0, 0.1) is 5.82 Å². The summed E-state index contributed by atoms with van der Waals surface area (Å²) >= 11 is 0. The van der Waals surface area contributed by atoms with Crippen LogP contribution in [-0.4, -0.2) is 30.8 Å². The topological polar surface area (TPSA) is 72.5 Å². The maximum absolute atomic E-state index is 12.8. The SMILES string of the molecule is CCc1ccc(C(=O)COC(=O)CNC(=O)c2ccc(F)cc2)cc1. The monoisotopic (exact) mass is 343 g/mol. The van der Waals surface area contributed by atoms with Gasteiger partial charge in [0, 0.05) is 11.1 Å². The minimum absolute atomic E-state index is 0.223. The average Bonchev–Trinajstić information content (AvgIpc) is 2.64. The number of amides is 1. The van der Waals surface area contributed by atoms with Crippen molar-refractivity contribution in [2.45, 2.75) is 13.3 Å². The molecule has 0 fully saturated rings. The average molecular weight is 343 g/mol. The Morgan fingerprint density at radius 1 is 0.960 bits per heavy atom. The first-order valence-electron chi connectivity index (χ1n) is 7.81. The van der Waals surface area contributed by atoms with Crippen molar-refractivity contribution in [2.75, 3.05) is 13.2 Å². The van der Waals surface area contributed by atoms with Crippen molar-refractivity contribution in [1.29, 1.82) is 0 Å². The molecule has 2 rings (SSSR count). The summed E-state index contributed by atoms with van der Waals surface area (Å²) in [4.78, 5) is 35.3. The number of carbonyl (C=O) groups excluding carboxylic acids is 3. The molecule has 130 valence electrons. The maximum Gasteiger partial charge on any atom is 0.325 e. The summed E-state index contributed by atoms with van der Waals surface area (Å²) < 4.78 is 17.6. The first kappa shape index (κ1) is 18.3. The Morgan fingerprint density at radius 3 is 2.16 bits per heavy atom. The zero-order chi connectivity index (χ0) is 18.2. The van der Waals surface area contributed by atoms with Crippen molar-refractivity contribution in [3.63, 3.8) is 0 Å². The lowest BCUT2D eigenvalue weighted by atomic mass is 10.1. The standard InChI is InChI=1S/C19H18FNO4/c1-2-13-3-5-14(6-4-13)17(22)12-25-18(23)11-21-19(24)15-7-9-16(20)10-8-15/h3-10H,2,11-12H2,1H3,(H,21,24). The van der Waals surface area contributed by atoms with Gasteiger partial charge in [0.15, 0.2) is 12.4 Å². The van der Waals surface area contributed by atoms with Crippen LogP contribution in [0.15, 0.2) is 48.5 Å². The molecule has 0 saturated heterocycles. The molecule has 1 N–H and O–H groups in total. The highest BCUT2D eigenvalue weighted by Crippen LogP contribution is 2.06. The molecule has 0 spiro atoms. The number of hydrogen-bond donors (Lipinski definition) is 1. The highest BCUT2D eigenvalue weighted by molar-refractivity contribution is 5.98. The van der Waals surface area contributed by atoms with Crippen LogP contribution in [0.25, 0.3) is 0 Å². The number of carbonyl (C=O) groups is 3. The van der Waals surface area contributed by atoms with Gasteiger partial charge in [-0.2, -0.15) is 0 Å². The number of ether oxygens (including phenoxy) is 1. The Morgan fingerprint density at radius 2 is 1.56 bits per heavy atom. The summed E-state index contributed by atoms with van der Waals surface area (Å²) in [5, 5.41) is 2.35. The van der Waals surface area contributed by atoms with Gasteiger partial charge in [0.1, 0.15) is 12.4 Å². The highest BCUT2D eigenvalue weighted by Gasteiger charge is 2.12. The molecule has 5 nitrogen and oxygen atoms in total. The van der Waals surface area contributed by atoms with Crippen molar-refractivity contribution in [2.24, 2.45) is 0 Å². The van der Waals surface area contributed by atoms with Crippen molar-refractivity contribution in [3.05, 3.63) is 71.0 Å². The smallest absolute Gasteiger partial charge is 0.325 e. The van der Waals surface area contributed by atoms with Gasteiger partial charge in [-0.3, -0.25) is 14.4 Å². The number of nitrogens with one attached hydrogen (secondary N) is 1. The van der Waals surface area contributed by atoms with E-state index in [9.17, 15) is 18.8 Å². The van der Waals surface area contributed by atoms with Crippen LogP contribution in [-0.2, 0) is 16.0 Å². The summed E-state index contributed by atoms with van der Waals surface area (Å²) in [5.74, 6) is -2.03. The summed E-state index contributed by atoms with van der Waals surface area (Å²) in [5.41, 5.74) is 1.79. The number of esters is 1. The van der Waals surface area contributed by atoms with Crippen molar-refractivity contribution in [1.82, 2.24) is 5.32 Å². The highest BCUT2D eigenvalue weighted by atomic mass is 19.1. The summed E-state index contributed by atoms with van der Waals surface area (Å²) in [6.45, 7) is 1.24. The molecule has 2 aromatic carbocycles. The lowest BCUT2D eigenvalue weighted by Crippen LogP contribution is -2.31. The fraction of sp³-hybridized carbons (Fsp3) is 0.211. The number of aryl methyl sites for hydroxylation is 1. The van der Waals surface area contributed by atoms with Gasteiger partial charge in [-0.05, 0) is 36.2 Å². The van der Waals surface area contributed by atoms with E-state index in [4.69, 9.17) is 4.74 Å². The molecule has 2 aromatic rings. The van der Waals surface area contributed by atoms with Crippen LogP contribution in [0.2, 0.25) is 0 Å². The molecule has 25 heavy (non-hydrogen) atoms. The number of benzene rings is 2. The van der Waals surface area contributed by atoms with Gasteiger partial charge in [0.25, 0.3) is 5.91 Å². The third-order valence-corrected chi connectivity index (χ3v) is 3.55. The molecule has 0 radical (unpaired) electrons. The largest absolute Gasteiger partial charge is 0.456 e. The molecule has 0 atom stereocenters. The van der Waals surface area contributed by atoms with E-state index in [1.165, 1.54) is 12.1 Å². The summed E-state index contributed by atoms with van der Waals surface area (Å²) in [6.07, 6.45) is 0.872. The number of hydrogen-bond acceptors (Lipinski definition) is 4. The summed E-state index contributed by atoms with van der Waals surface area (Å²) in [6, 6.07) is 12.0. The quantitative estimate of drug-likeness (QED) is 0.619. The molecule has 0 heterocycles. The third-order valence-electron chi connectivity index (χ3n) is 3.55. The zero-order valence-electron chi connectivity index (χ0n) is 13.8. The zero-order valence-corrected chi connectivity index (χ0v) is 13.8. The minimum Gasteiger partial charge on any atom is -0.456 e. The van der Waals surface area contributed by atoms with Crippen molar-refractivity contribution in [3.8, 4) is 0 Å². The molecular weight excluding hydrogens is 325 g/mol. The molecule has 0 saturated carbocycles. The Labute approximate surface area is 144 Å². The van der Waals surface area contributed by atoms with Crippen LogP contribution in [0.3, 0.4) is 0 Å². The van der Waals surface area contributed by atoms with Gasteiger partial charge in [0.2, 0.25) is 0 Å². The van der Waals surface area contributed by atoms with Gasteiger partial charge in [-0.15, -0.1) is 0 Å². The van der Waals surface area contributed by atoms with Crippen LogP contribution in [0.1, 0.15) is 33.2 Å². The van der Waals surface area contributed by atoms with Crippen molar-refractivity contribution >= 4 is 17.7 Å². The Hall–Kier alpha value is -3.02. The van der Waals surface area contributed by atoms with E-state index in [1.54, 1.807) is 12.1 Å². The van der Waals surface area contributed by atoms with Crippen LogP contribution in [0.4, 0.5) is 4.39 Å². The first-order chi connectivity index (χ1) is 12.0. The Balaban J connectivity index is 1.77. The van der Waals surface area contributed by atoms with E-state index in [1.807, 2.05) is 19.1 Å². The second-order valence-electron chi connectivity index (χ2n) is 5.32. The molecule has 0 aliphatic rings. The first-order valence-corrected chi connectivity index (χ1v) is 7.81. The number of Topliss-reactive ketones (excluding diaryl/α,β-unsaturated/α-hetero) is 1. The maximum atomic E-state index is 12.8. The van der Waals surface area contributed by atoms with E-state index in [2.05, 4.69) is 5.32 Å². The molecular formula is C19H18FNO4. The fourth-order valence-electron chi connectivity index (χ4n) is 2.06. The van der Waals surface area contributed by atoms with Crippen LogP contribution in [0.5, 0.6) is 0 Å². The van der Waals surface area contributed by atoms with Gasteiger partial charge in [0.05, 0.1) is 0 Å². The fourth-order valence-corrected chi connectivity index (χ4v) is 2.06. The van der Waals surface area contributed by atoms with Gasteiger partial charge < -0.3 is 10.1 Å². The van der Waals surface area contributed by atoms with E-state index < -0.39 is 24.3 Å². The summed E-state index contributed by atoms with van der Waals surface area (Å²) in [7, 11) is 0. The molecule has 1 amide bonds. The van der Waals surface area contributed by atoms with Gasteiger partial charge >= 0.3 is 5.97 Å². The normalized spacial score (nSPS) is 10.2. The Kier molecular flexibility index (Phi) is 6.39. The number of rotatable bonds is 7. The predicted octanol–water partition coefficient (Wildman–Crippen LogP) is 2.54. The van der Waals surface area contributed by atoms with E-state index in [0.29, 0.717) is 5.56 Å². The van der Waals surface area contributed by atoms with E-state index >= 15 is 0 Å². The van der Waals surface area contributed by atoms with Crippen molar-refractivity contribution < 1.29 is 23.5 Å². The number of halogens is 1. The second kappa shape index (κ2) is 8.73. The molecule has 0 aliphatic heterocycles. The lowest BCUT2D eigenvalue weighted by molar-refractivity contribution is -0.141. The van der Waals surface area contributed by atoms with E-state index in [-0.39, 0.29) is 17.9 Å². The van der Waals surface area contributed by atoms with Gasteiger partial charge in [-0.25, -0.2) is 4.39 Å². The molecule has 0 unspecified atom stereocenters. The second-order valence-corrected chi connectivity index (χ2v) is 5.32. The van der Waals surface area contributed by atoms with Gasteiger partial charge in [-0.1, -0.05) is 31.2 Å². The molecule has 0 bridgehead atoms. The van der Waals surface area contributed by atoms with Crippen LogP contribution >= 0.6 is 0 Å². The third kappa shape index (κ3) is 5.53.